The van der Waals surface area contributed by atoms with Gasteiger partial charge in [-0.1, -0.05) is 18.2 Å². The predicted octanol–water partition coefficient (Wildman–Crippen LogP) is 3.37. The van der Waals surface area contributed by atoms with E-state index in [2.05, 4.69) is 42.6 Å². The fraction of sp³-hybridized carbons (Fsp3) is 0.467. The van der Waals surface area contributed by atoms with Gasteiger partial charge < -0.3 is 10.1 Å². The average Bonchev–Trinajstić information content (AvgIpc) is 2.42. The topological polar surface area (TPSA) is 21.3 Å². The summed E-state index contributed by atoms with van der Waals surface area (Å²) >= 11 is 1.89. The quantitative estimate of drug-likeness (QED) is 0.823. The minimum absolute atomic E-state index is 0.315. The minimum atomic E-state index is 0.315. The molecule has 1 heterocycles. The molecule has 1 aliphatic rings. The van der Waals surface area contributed by atoms with Gasteiger partial charge in [0, 0.05) is 10.6 Å². The summed E-state index contributed by atoms with van der Waals surface area (Å²) in [5.74, 6) is 2.12. The molecular weight excluding hydrogens is 242 g/mol. The molecular formula is C15H21NOS. The average molecular weight is 263 g/mol. The molecule has 1 unspecified atom stereocenters. The van der Waals surface area contributed by atoms with Crippen LogP contribution in [-0.2, 0) is 4.74 Å². The van der Waals surface area contributed by atoms with E-state index in [9.17, 15) is 0 Å². The number of nitrogens with one attached hydrogen (secondary N) is 1. The van der Waals surface area contributed by atoms with E-state index in [1.54, 1.807) is 0 Å². The first-order valence-corrected chi connectivity index (χ1v) is 7.48. The van der Waals surface area contributed by atoms with Crippen LogP contribution in [0.2, 0.25) is 0 Å². The van der Waals surface area contributed by atoms with E-state index in [-0.39, 0.29) is 0 Å². The zero-order valence-corrected chi connectivity index (χ0v) is 11.9. The van der Waals surface area contributed by atoms with Crippen molar-refractivity contribution in [1.29, 1.82) is 0 Å². The van der Waals surface area contributed by atoms with Crippen molar-refractivity contribution in [3.63, 3.8) is 0 Å². The molecule has 0 radical (unpaired) electrons. The molecule has 1 aromatic carbocycles. The molecule has 3 heteroatoms. The van der Waals surface area contributed by atoms with Crippen molar-refractivity contribution in [1.82, 2.24) is 5.32 Å². The van der Waals surface area contributed by atoms with Crippen molar-refractivity contribution in [2.45, 2.75) is 30.7 Å². The van der Waals surface area contributed by atoms with Crippen LogP contribution in [0.1, 0.15) is 18.4 Å². The second-order valence-corrected chi connectivity index (χ2v) is 5.58. The SMILES string of the molecule is CNC(CSc1ccccc1C)C1=CCCCO1. The van der Waals surface area contributed by atoms with E-state index in [0.29, 0.717) is 6.04 Å². The summed E-state index contributed by atoms with van der Waals surface area (Å²) in [5.41, 5.74) is 1.34. The number of aryl methyl sites for hydroxylation is 1. The van der Waals surface area contributed by atoms with Crippen molar-refractivity contribution in [2.24, 2.45) is 0 Å². The molecule has 0 aromatic heterocycles. The lowest BCUT2D eigenvalue weighted by Crippen LogP contribution is -2.32. The van der Waals surface area contributed by atoms with Crippen molar-refractivity contribution in [2.75, 3.05) is 19.4 Å². The van der Waals surface area contributed by atoms with Gasteiger partial charge in [-0.2, -0.15) is 0 Å². The van der Waals surface area contributed by atoms with Gasteiger partial charge >= 0.3 is 0 Å². The van der Waals surface area contributed by atoms with E-state index < -0.39 is 0 Å². The Morgan fingerprint density at radius 1 is 1.39 bits per heavy atom. The zero-order valence-electron chi connectivity index (χ0n) is 11.1. The lowest BCUT2D eigenvalue weighted by atomic mass is 10.2. The molecule has 2 nitrogen and oxygen atoms in total. The molecule has 0 amide bonds. The van der Waals surface area contributed by atoms with Crippen LogP contribution in [0.3, 0.4) is 0 Å². The third-order valence-electron chi connectivity index (χ3n) is 3.15. The Morgan fingerprint density at radius 3 is 2.89 bits per heavy atom. The standard InChI is InChI=1S/C15H21NOS/c1-12-7-3-4-9-15(12)18-11-13(16-2)14-8-5-6-10-17-14/h3-4,7-9,13,16H,5-6,10-11H2,1-2H3. The number of hydrogen-bond acceptors (Lipinski definition) is 3. The van der Waals surface area contributed by atoms with Gasteiger partial charge in [0.05, 0.1) is 12.6 Å². The molecule has 2 rings (SSSR count). The molecule has 0 saturated heterocycles. The van der Waals surface area contributed by atoms with Crippen molar-refractivity contribution >= 4 is 11.8 Å². The molecule has 0 aliphatic carbocycles. The Kier molecular flexibility index (Phi) is 5.14. The first-order valence-electron chi connectivity index (χ1n) is 6.50. The Bertz CT molecular complexity index is 417. The van der Waals surface area contributed by atoms with Crippen molar-refractivity contribution in [3.8, 4) is 0 Å². The number of likely N-dealkylation sites (N-methyl/N-ethyl adjacent to an activating group) is 1. The van der Waals surface area contributed by atoms with Crippen molar-refractivity contribution in [3.05, 3.63) is 41.7 Å². The van der Waals surface area contributed by atoms with Crippen LogP contribution < -0.4 is 5.32 Å². The van der Waals surface area contributed by atoms with Gasteiger partial charge in [-0.25, -0.2) is 0 Å². The Morgan fingerprint density at radius 2 is 2.22 bits per heavy atom. The maximum Gasteiger partial charge on any atom is 0.110 e. The minimum Gasteiger partial charge on any atom is -0.497 e. The maximum atomic E-state index is 5.73. The third-order valence-corrected chi connectivity index (χ3v) is 4.42. The van der Waals surface area contributed by atoms with E-state index in [1.807, 2.05) is 18.8 Å². The summed E-state index contributed by atoms with van der Waals surface area (Å²) in [6.07, 6.45) is 4.51. The Balaban J connectivity index is 1.95. The number of benzene rings is 1. The molecule has 98 valence electrons. The lowest BCUT2D eigenvalue weighted by Gasteiger charge is -2.23. The molecule has 1 aliphatic heterocycles. The lowest BCUT2D eigenvalue weighted by molar-refractivity contribution is 0.173. The summed E-state index contributed by atoms with van der Waals surface area (Å²) in [4.78, 5) is 1.36. The van der Waals surface area contributed by atoms with Crippen LogP contribution in [0.25, 0.3) is 0 Å². The summed E-state index contributed by atoms with van der Waals surface area (Å²) < 4.78 is 5.73. The van der Waals surface area contributed by atoms with Crippen LogP contribution in [0.5, 0.6) is 0 Å². The number of allylic oxidation sites excluding steroid dienone is 1. The largest absolute Gasteiger partial charge is 0.497 e. The summed E-state index contributed by atoms with van der Waals surface area (Å²) in [7, 11) is 2.00. The number of ether oxygens (including phenoxy) is 1. The van der Waals surface area contributed by atoms with Crippen LogP contribution in [-0.4, -0.2) is 25.4 Å². The smallest absolute Gasteiger partial charge is 0.110 e. The monoisotopic (exact) mass is 263 g/mol. The highest BCUT2D eigenvalue weighted by atomic mass is 32.2. The van der Waals surface area contributed by atoms with E-state index >= 15 is 0 Å². The molecule has 1 N–H and O–H groups in total. The van der Waals surface area contributed by atoms with E-state index in [0.717, 1.165) is 31.0 Å². The van der Waals surface area contributed by atoms with Crippen LogP contribution >= 0.6 is 11.8 Å². The van der Waals surface area contributed by atoms with Crippen molar-refractivity contribution < 1.29 is 4.74 Å². The summed E-state index contributed by atoms with van der Waals surface area (Å²) in [6.45, 7) is 3.02. The van der Waals surface area contributed by atoms with E-state index in [1.165, 1.54) is 10.5 Å². The first kappa shape index (κ1) is 13.5. The number of thioether (sulfide) groups is 1. The first-order chi connectivity index (χ1) is 8.81. The molecule has 0 fully saturated rings. The van der Waals surface area contributed by atoms with Gasteiger partial charge in [0.2, 0.25) is 0 Å². The Labute approximate surface area is 114 Å². The van der Waals surface area contributed by atoms with E-state index in [4.69, 9.17) is 4.74 Å². The molecule has 1 atom stereocenters. The molecule has 0 spiro atoms. The summed E-state index contributed by atoms with van der Waals surface area (Å²) in [5, 5.41) is 3.35. The molecule has 0 bridgehead atoms. The van der Waals surface area contributed by atoms with Crippen LogP contribution in [0.4, 0.5) is 0 Å². The predicted molar refractivity (Wildman–Crippen MR) is 78.0 cm³/mol. The highest BCUT2D eigenvalue weighted by Gasteiger charge is 2.16. The normalized spacial score (nSPS) is 16.9. The van der Waals surface area contributed by atoms with Gasteiger partial charge in [-0.3, -0.25) is 0 Å². The van der Waals surface area contributed by atoms with Gasteiger partial charge in [0.1, 0.15) is 5.76 Å². The van der Waals surface area contributed by atoms with Gasteiger partial charge in [0.25, 0.3) is 0 Å². The van der Waals surface area contributed by atoms with Crippen LogP contribution in [0.15, 0.2) is 41.0 Å². The zero-order chi connectivity index (χ0) is 12.8. The fourth-order valence-corrected chi connectivity index (χ4v) is 3.17. The second-order valence-electron chi connectivity index (χ2n) is 4.51. The third kappa shape index (κ3) is 3.53. The number of rotatable bonds is 5. The molecule has 1 aromatic rings. The Hall–Kier alpha value is -0.930. The second kappa shape index (κ2) is 6.86. The highest BCUT2D eigenvalue weighted by molar-refractivity contribution is 7.99. The fourth-order valence-electron chi connectivity index (χ4n) is 2.02. The summed E-state index contributed by atoms with van der Waals surface area (Å²) in [6, 6.07) is 8.84. The molecule has 0 saturated carbocycles. The van der Waals surface area contributed by atoms with Gasteiger partial charge in [-0.15, -0.1) is 11.8 Å². The maximum absolute atomic E-state index is 5.73. The highest BCUT2D eigenvalue weighted by Crippen LogP contribution is 2.25. The van der Waals surface area contributed by atoms with Gasteiger partial charge in [0.15, 0.2) is 0 Å². The van der Waals surface area contributed by atoms with Gasteiger partial charge in [-0.05, 0) is 44.5 Å². The molecule has 18 heavy (non-hydrogen) atoms. The van der Waals surface area contributed by atoms with Crippen LogP contribution in [0, 0.1) is 6.92 Å². The number of hydrogen-bond donors (Lipinski definition) is 1.